The number of quaternary nitrogens is 1. The Balaban J connectivity index is 1.70. The Morgan fingerprint density at radius 2 is 1.76 bits per heavy atom. The van der Waals surface area contributed by atoms with Gasteiger partial charge in [0.05, 0.1) is 24.8 Å². The maximum absolute atomic E-state index is 12.9. The van der Waals surface area contributed by atoms with Crippen LogP contribution in [0.1, 0.15) is 24.1 Å². The van der Waals surface area contributed by atoms with Crippen molar-refractivity contribution in [2.45, 2.75) is 25.2 Å². The second kappa shape index (κ2) is 9.28. The smallest absolute Gasteiger partial charge is 0.370 e. The lowest BCUT2D eigenvalue weighted by Gasteiger charge is -2.35. The Kier molecular flexibility index (Phi) is 6.76. The van der Waals surface area contributed by atoms with Gasteiger partial charge in [-0.15, -0.1) is 0 Å². The van der Waals surface area contributed by atoms with E-state index >= 15 is 0 Å². The molecule has 0 spiro atoms. The molecule has 5 nitrogen and oxygen atoms in total. The summed E-state index contributed by atoms with van der Waals surface area (Å²) in [7, 11) is 0. The average molecular weight is 408 g/mol. The summed E-state index contributed by atoms with van der Waals surface area (Å²) in [6.45, 7) is 4.86. The summed E-state index contributed by atoms with van der Waals surface area (Å²) in [6.07, 6.45) is -4.46. The molecule has 2 aromatic rings. The maximum Gasteiger partial charge on any atom is 0.416 e. The van der Waals surface area contributed by atoms with E-state index in [-0.39, 0.29) is 17.8 Å². The van der Waals surface area contributed by atoms with Crippen molar-refractivity contribution in [3.63, 3.8) is 0 Å². The van der Waals surface area contributed by atoms with Gasteiger partial charge in [-0.1, -0.05) is 36.4 Å². The van der Waals surface area contributed by atoms with E-state index in [0.29, 0.717) is 13.2 Å². The molecule has 8 heteroatoms. The van der Waals surface area contributed by atoms with Gasteiger partial charge in [0.15, 0.2) is 0 Å². The third-order valence-electron chi connectivity index (χ3n) is 5.04. The third-order valence-corrected chi connectivity index (χ3v) is 5.04. The number of nitrogens with one attached hydrogen (secondary N) is 3. The number of carbonyl (C=O) groups is 1. The Labute approximate surface area is 167 Å². The first-order chi connectivity index (χ1) is 13.8. The zero-order valence-corrected chi connectivity index (χ0v) is 16.1. The number of benzene rings is 2. The van der Waals surface area contributed by atoms with Crippen molar-refractivity contribution in [1.29, 1.82) is 0 Å². The standard InChI is InChI=1S/C21H24F3N3O2/c1-15(19(16-6-3-2-4-7-16)27-10-12-29-13-11-27)25-20(28)26-18-9-5-8-17(14-18)21(22,23)24/h2-9,14-15,19H,10-13H2,1H3,(H2,25,26,28)/p+1/t15-,19-/m1/s1. The van der Waals surface area contributed by atoms with Gasteiger partial charge in [0, 0.05) is 11.3 Å². The summed E-state index contributed by atoms with van der Waals surface area (Å²) in [5, 5.41) is 5.40. The normalized spacial score (nSPS) is 17.4. The van der Waals surface area contributed by atoms with Crippen LogP contribution in [0.2, 0.25) is 0 Å². The van der Waals surface area contributed by atoms with Gasteiger partial charge in [-0.3, -0.25) is 0 Å². The maximum atomic E-state index is 12.9. The van der Waals surface area contributed by atoms with Gasteiger partial charge < -0.3 is 20.3 Å². The summed E-state index contributed by atoms with van der Waals surface area (Å²) >= 11 is 0. The van der Waals surface area contributed by atoms with Gasteiger partial charge >= 0.3 is 12.2 Å². The van der Waals surface area contributed by atoms with Crippen LogP contribution >= 0.6 is 0 Å². The SMILES string of the molecule is C[C@@H](NC(=O)Nc1cccc(C(F)(F)F)c1)[C@H](c1ccccc1)[NH+]1CCOCC1. The number of rotatable bonds is 5. The van der Waals surface area contributed by atoms with Gasteiger partial charge in [-0.25, -0.2) is 4.79 Å². The van der Waals surface area contributed by atoms with Crippen LogP contribution in [-0.2, 0) is 10.9 Å². The first-order valence-electron chi connectivity index (χ1n) is 9.56. The highest BCUT2D eigenvalue weighted by molar-refractivity contribution is 5.89. The molecule has 0 aliphatic carbocycles. The van der Waals surface area contributed by atoms with E-state index in [1.165, 1.54) is 17.0 Å². The number of amides is 2. The van der Waals surface area contributed by atoms with Crippen LogP contribution in [0.3, 0.4) is 0 Å². The molecule has 0 unspecified atom stereocenters. The van der Waals surface area contributed by atoms with E-state index in [1.807, 2.05) is 37.3 Å². The van der Waals surface area contributed by atoms with Crippen molar-refractivity contribution in [2.75, 3.05) is 31.6 Å². The molecule has 2 amide bonds. The number of anilines is 1. The van der Waals surface area contributed by atoms with Crippen molar-refractivity contribution in [3.8, 4) is 0 Å². The molecule has 2 atom stereocenters. The molecule has 2 aromatic carbocycles. The van der Waals surface area contributed by atoms with Gasteiger partial charge in [0.2, 0.25) is 0 Å². The Hall–Kier alpha value is -2.58. The quantitative estimate of drug-likeness (QED) is 0.713. The molecule has 1 saturated heterocycles. The zero-order chi connectivity index (χ0) is 20.9. The summed E-state index contributed by atoms with van der Waals surface area (Å²) < 4.78 is 44.1. The van der Waals surface area contributed by atoms with Gasteiger partial charge in [-0.2, -0.15) is 13.2 Å². The van der Waals surface area contributed by atoms with Crippen LogP contribution in [0.5, 0.6) is 0 Å². The van der Waals surface area contributed by atoms with E-state index in [4.69, 9.17) is 4.74 Å². The number of carbonyl (C=O) groups excluding carboxylic acids is 1. The van der Waals surface area contributed by atoms with Crippen LogP contribution in [0.25, 0.3) is 0 Å². The van der Waals surface area contributed by atoms with Crippen LogP contribution in [0.4, 0.5) is 23.7 Å². The molecule has 1 aliphatic rings. The van der Waals surface area contributed by atoms with E-state index in [2.05, 4.69) is 10.6 Å². The van der Waals surface area contributed by atoms with Crippen molar-refractivity contribution >= 4 is 11.7 Å². The fourth-order valence-electron chi connectivity index (χ4n) is 3.71. The molecule has 0 aromatic heterocycles. The highest BCUT2D eigenvalue weighted by Gasteiger charge is 2.33. The summed E-state index contributed by atoms with van der Waals surface area (Å²) in [5.41, 5.74) is 0.388. The third kappa shape index (κ3) is 5.71. The summed E-state index contributed by atoms with van der Waals surface area (Å²) in [6, 6.07) is 13.7. The molecule has 0 radical (unpaired) electrons. The molecule has 156 valence electrons. The second-order valence-corrected chi connectivity index (χ2v) is 7.12. The predicted octanol–water partition coefficient (Wildman–Crippen LogP) is 2.87. The number of morpholine rings is 1. The minimum absolute atomic E-state index is 0.00681. The van der Waals surface area contributed by atoms with Gasteiger partial charge in [0.1, 0.15) is 19.1 Å². The molecular weight excluding hydrogens is 383 g/mol. The van der Waals surface area contributed by atoms with Crippen LogP contribution < -0.4 is 15.5 Å². The Morgan fingerprint density at radius 3 is 2.41 bits per heavy atom. The fraction of sp³-hybridized carbons (Fsp3) is 0.381. The van der Waals surface area contributed by atoms with Crippen LogP contribution in [0.15, 0.2) is 54.6 Å². The van der Waals surface area contributed by atoms with Crippen molar-refractivity contribution in [3.05, 3.63) is 65.7 Å². The lowest BCUT2D eigenvalue weighted by Crippen LogP contribution is -3.15. The van der Waals surface area contributed by atoms with Crippen molar-refractivity contribution in [1.82, 2.24) is 5.32 Å². The molecule has 1 aliphatic heterocycles. The number of ether oxygens (including phenoxy) is 1. The van der Waals surface area contributed by atoms with Crippen molar-refractivity contribution in [2.24, 2.45) is 0 Å². The van der Waals surface area contributed by atoms with E-state index in [1.54, 1.807) is 0 Å². The Bertz CT molecular complexity index is 808. The summed E-state index contributed by atoms with van der Waals surface area (Å²) in [4.78, 5) is 13.8. The molecule has 1 heterocycles. The molecular formula is C21H25F3N3O2+. The summed E-state index contributed by atoms with van der Waals surface area (Å²) in [5.74, 6) is 0. The number of hydrogen-bond donors (Lipinski definition) is 3. The molecule has 0 saturated carbocycles. The predicted molar refractivity (Wildman–Crippen MR) is 104 cm³/mol. The minimum atomic E-state index is -4.46. The van der Waals surface area contributed by atoms with E-state index in [9.17, 15) is 18.0 Å². The largest absolute Gasteiger partial charge is 0.416 e. The second-order valence-electron chi connectivity index (χ2n) is 7.12. The molecule has 3 N–H and O–H groups in total. The number of hydrogen-bond acceptors (Lipinski definition) is 2. The Morgan fingerprint density at radius 1 is 1.07 bits per heavy atom. The molecule has 29 heavy (non-hydrogen) atoms. The lowest BCUT2D eigenvalue weighted by molar-refractivity contribution is -0.940. The lowest BCUT2D eigenvalue weighted by atomic mass is 9.98. The van der Waals surface area contributed by atoms with E-state index < -0.39 is 17.8 Å². The molecule has 1 fully saturated rings. The van der Waals surface area contributed by atoms with Crippen LogP contribution in [0, 0.1) is 0 Å². The monoisotopic (exact) mass is 408 g/mol. The molecule has 0 bridgehead atoms. The average Bonchev–Trinajstić information content (AvgIpc) is 2.69. The minimum Gasteiger partial charge on any atom is -0.370 e. The van der Waals surface area contributed by atoms with E-state index in [0.717, 1.165) is 30.8 Å². The zero-order valence-electron chi connectivity index (χ0n) is 16.1. The van der Waals surface area contributed by atoms with Crippen LogP contribution in [-0.4, -0.2) is 38.4 Å². The highest BCUT2D eigenvalue weighted by Crippen LogP contribution is 2.30. The number of alkyl halides is 3. The van der Waals surface area contributed by atoms with Gasteiger partial charge in [-0.05, 0) is 25.1 Å². The van der Waals surface area contributed by atoms with Crippen molar-refractivity contribution < 1.29 is 27.6 Å². The fourth-order valence-corrected chi connectivity index (χ4v) is 3.71. The van der Waals surface area contributed by atoms with Gasteiger partial charge in [0.25, 0.3) is 0 Å². The number of urea groups is 1. The topological polar surface area (TPSA) is 54.8 Å². The highest BCUT2D eigenvalue weighted by atomic mass is 19.4. The first-order valence-corrected chi connectivity index (χ1v) is 9.56. The molecule has 3 rings (SSSR count). The number of halogens is 3. The first kappa shape index (κ1) is 21.1.